The topological polar surface area (TPSA) is 71.4 Å². The van der Waals surface area contributed by atoms with Crippen LogP contribution in [-0.2, 0) is 13.0 Å². The molecule has 1 fully saturated rings. The zero-order chi connectivity index (χ0) is 24.7. The van der Waals surface area contributed by atoms with Gasteiger partial charge in [0.1, 0.15) is 17.3 Å². The van der Waals surface area contributed by atoms with Crippen LogP contribution in [0.25, 0.3) is 11.0 Å². The van der Waals surface area contributed by atoms with Gasteiger partial charge in [0.15, 0.2) is 0 Å². The van der Waals surface area contributed by atoms with Gasteiger partial charge >= 0.3 is 6.03 Å². The molecule has 3 aromatic carbocycles. The van der Waals surface area contributed by atoms with E-state index < -0.39 is 0 Å². The Morgan fingerprint density at radius 3 is 2.31 bits per heavy atom. The van der Waals surface area contributed by atoms with Gasteiger partial charge in [-0.25, -0.2) is 9.78 Å². The van der Waals surface area contributed by atoms with Crippen molar-refractivity contribution in [2.45, 2.75) is 39.2 Å². The monoisotopic (exact) mass is 483 g/mol. The average Bonchev–Trinajstić information content (AvgIpc) is 3.26. The Kier molecular flexibility index (Phi) is 7.47. The molecule has 36 heavy (non-hydrogen) atoms. The van der Waals surface area contributed by atoms with Crippen LogP contribution in [-0.4, -0.2) is 40.1 Å². The first-order valence-electron chi connectivity index (χ1n) is 12.8. The number of carbonyl (C=O) groups is 1. The number of aromatic nitrogens is 2. The minimum Gasteiger partial charge on any atom is -0.457 e. The molecule has 1 aliphatic heterocycles. The molecule has 7 heteroatoms. The van der Waals surface area contributed by atoms with Crippen LogP contribution in [0.15, 0.2) is 72.8 Å². The van der Waals surface area contributed by atoms with Crippen LogP contribution in [0.1, 0.15) is 32.0 Å². The van der Waals surface area contributed by atoms with Crippen molar-refractivity contribution in [2.24, 2.45) is 0 Å². The highest BCUT2D eigenvalue weighted by Crippen LogP contribution is 2.24. The minimum atomic E-state index is -0.300. The van der Waals surface area contributed by atoms with E-state index >= 15 is 0 Å². The van der Waals surface area contributed by atoms with E-state index in [9.17, 15) is 4.79 Å². The quantitative estimate of drug-likeness (QED) is 0.299. The maximum atomic E-state index is 12.6. The fraction of sp³-hybridized carbons (Fsp3) is 0.310. The number of anilines is 2. The predicted molar refractivity (Wildman–Crippen MR) is 145 cm³/mol. The average molecular weight is 484 g/mol. The second kappa shape index (κ2) is 11.3. The van der Waals surface area contributed by atoms with E-state index in [2.05, 4.69) is 33.1 Å². The Bertz CT molecular complexity index is 1290. The molecular weight excluding hydrogens is 450 g/mol. The van der Waals surface area contributed by atoms with E-state index in [4.69, 9.17) is 9.72 Å². The Labute approximate surface area is 212 Å². The summed E-state index contributed by atoms with van der Waals surface area (Å²) in [4.78, 5) is 20.0. The number of hydrogen-bond donors (Lipinski definition) is 2. The largest absolute Gasteiger partial charge is 0.457 e. The van der Waals surface area contributed by atoms with Crippen molar-refractivity contribution in [3.8, 4) is 11.5 Å². The van der Waals surface area contributed by atoms with Crippen molar-refractivity contribution in [1.82, 2.24) is 14.5 Å². The normalized spacial score (nSPS) is 14.0. The summed E-state index contributed by atoms with van der Waals surface area (Å²) >= 11 is 0. The number of ether oxygens (including phenoxy) is 1. The molecule has 0 saturated carbocycles. The molecular formula is C29H33N5O2. The molecule has 0 aliphatic carbocycles. The van der Waals surface area contributed by atoms with Gasteiger partial charge < -0.3 is 24.8 Å². The van der Waals surface area contributed by atoms with Gasteiger partial charge in [0.25, 0.3) is 0 Å². The molecule has 5 rings (SSSR count). The van der Waals surface area contributed by atoms with Gasteiger partial charge in [-0.1, -0.05) is 31.5 Å². The van der Waals surface area contributed by atoms with E-state index in [0.29, 0.717) is 17.1 Å². The number of nitrogens with one attached hydrogen (secondary N) is 2. The molecule has 0 spiro atoms. The van der Waals surface area contributed by atoms with Crippen molar-refractivity contribution in [2.75, 3.05) is 30.3 Å². The summed E-state index contributed by atoms with van der Waals surface area (Å²) in [6.07, 6.45) is 4.83. The summed E-state index contributed by atoms with van der Waals surface area (Å²) in [7, 11) is 0. The molecule has 1 aliphatic rings. The van der Waals surface area contributed by atoms with Crippen molar-refractivity contribution in [3.05, 3.63) is 78.6 Å². The van der Waals surface area contributed by atoms with Gasteiger partial charge in [0.05, 0.1) is 11.0 Å². The fourth-order valence-corrected chi connectivity index (χ4v) is 4.73. The zero-order valence-electron chi connectivity index (χ0n) is 20.7. The molecule has 1 saturated heterocycles. The molecule has 1 aromatic heterocycles. The van der Waals surface area contributed by atoms with Crippen LogP contribution in [0.4, 0.5) is 16.2 Å². The molecule has 0 bridgehead atoms. The summed E-state index contributed by atoms with van der Waals surface area (Å²) in [5, 5.41) is 5.81. The molecule has 4 aromatic rings. The first-order chi connectivity index (χ1) is 17.7. The Morgan fingerprint density at radius 2 is 1.56 bits per heavy atom. The molecule has 0 unspecified atom stereocenters. The van der Waals surface area contributed by atoms with Crippen LogP contribution in [0, 0.1) is 0 Å². The van der Waals surface area contributed by atoms with E-state index in [1.54, 1.807) is 0 Å². The number of amides is 2. The van der Waals surface area contributed by atoms with Crippen LogP contribution in [0.3, 0.4) is 0 Å². The number of benzene rings is 3. The lowest BCUT2D eigenvalue weighted by Gasteiger charge is -2.26. The van der Waals surface area contributed by atoms with Crippen LogP contribution >= 0.6 is 0 Å². The summed E-state index contributed by atoms with van der Waals surface area (Å²) in [5.74, 6) is 2.56. The number of urea groups is 1. The van der Waals surface area contributed by atoms with Crippen LogP contribution in [0.5, 0.6) is 11.5 Å². The summed E-state index contributed by atoms with van der Waals surface area (Å²) in [5.41, 5.74) is 3.42. The number of aryl methyl sites for hydroxylation is 1. The van der Waals surface area contributed by atoms with E-state index in [-0.39, 0.29) is 6.03 Å². The minimum absolute atomic E-state index is 0.300. The molecule has 7 nitrogen and oxygen atoms in total. The molecule has 2 N–H and O–H groups in total. The molecule has 186 valence electrons. The molecule has 2 amide bonds. The second-order valence-corrected chi connectivity index (χ2v) is 9.16. The number of hydrogen-bond acceptors (Lipinski definition) is 4. The summed E-state index contributed by atoms with van der Waals surface area (Å²) < 4.78 is 8.13. The lowest BCUT2D eigenvalue weighted by Crippen LogP contribution is -2.32. The van der Waals surface area contributed by atoms with Gasteiger partial charge in [0.2, 0.25) is 0 Å². The lowest BCUT2D eigenvalue weighted by atomic mass is 10.1. The number of piperidine rings is 1. The molecule has 0 atom stereocenters. The van der Waals surface area contributed by atoms with Gasteiger partial charge in [-0.15, -0.1) is 0 Å². The maximum Gasteiger partial charge on any atom is 0.323 e. The number of carbonyl (C=O) groups excluding carboxylic acids is 1. The van der Waals surface area contributed by atoms with Crippen LogP contribution in [0.2, 0.25) is 0 Å². The van der Waals surface area contributed by atoms with Crippen molar-refractivity contribution < 1.29 is 9.53 Å². The second-order valence-electron chi connectivity index (χ2n) is 9.16. The number of fused-ring (bicyclic) bond motifs is 1. The van der Waals surface area contributed by atoms with Gasteiger partial charge in [-0.2, -0.15) is 0 Å². The number of para-hydroxylation sites is 1. The Balaban J connectivity index is 1.20. The first kappa shape index (κ1) is 23.9. The number of imidazole rings is 1. The highest BCUT2D eigenvalue weighted by Gasteiger charge is 2.14. The first-order valence-corrected chi connectivity index (χ1v) is 12.8. The summed E-state index contributed by atoms with van der Waals surface area (Å²) in [6.45, 7) is 6.52. The third-order valence-electron chi connectivity index (χ3n) is 6.58. The third kappa shape index (κ3) is 5.86. The molecule has 2 heterocycles. The van der Waals surface area contributed by atoms with Crippen LogP contribution < -0.4 is 15.4 Å². The fourth-order valence-electron chi connectivity index (χ4n) is 4.73. The third-order valence-corrected chi connectivity index (χ3v) is 6.58. The standard InChI is InChI=1S/C29H33N5O2/c1-2-28-32-26-21-23(13-16-27(26)34(28)20-19-33-17-7-4-8-18-33)31-29(35)30-22-11-14-25(15-12-22)36-24-9-5-3-6-10-24/h3,5-6,9-16,21H,2,4,7-8,17-20H2,1H3,(H2,30,31,35). The zero-order valence-corrected chi connectivity index (χ0v) is 20.7. The number of nitrogens with zero attached hydrogens (tertiary/aromatic N) is 3. The van der Waals surface area contributed by atoms with Gasteiger partial charge in [-0.3, -0.25) is 0 Å². The SMILES string of the molecule is CCc1nc2cc(NC(=O)Nc3ccc(Oc4ccccc4)cc3)ccc2n1CCN1CCCCC1. The smallest absolute Gasteiger partial charge is 0.323 e. The molecule has 0 radical (unpaired) electrons. The van der Waals surface area contributed by atoms with E-state index in [0.717, 1.165) is 42.1 Å². The van der Waals surface area contributed by atoms with E-state index in [1.165, 1.54) is 32.4 Å². The Morgan fingerprint density at radius 1 is 0.861 bits per heavy atom. The Hall–Kier alpha value is -3.84. The maximum absolute atomic E-state index is 12.6. The number of likely N-dealkylation sites (tertiary alicyclic amines) is 1. The number of rotatable bonds is 8. The van der Waals surface area contributed by atoms with Crippen molar-refractivity contribution in [1.29, 1.82) is 0 Å². The lowest BCUT2D eigenvalue weighted by molar-refractivity contribution is 0.221. The van der Waals surface area contributed by atoms with Gasteiger partial charge in [0, 0.05) is 30.9 Å². The van der Waals surface area contributed by atoms with Crippen molar-refractivity contribution >= 4 is 28.4 Å². The predicted octanol–water partition coefficient (Wildman–Crippen LogP) is 6.52. The summed E-state index contributed by atoms with van der Waals surface area (Å²) in [6, 6.07) is 22.5. The highest BCUT2D eigenvalue weighted by atomic mass is 16.5. The van der Waals surface area contributed by atoms with Gasteiger partial charge in [-0.05, 0) is 80.5 Å². The highest BCUT2D eigenvalue weighted by molar-refractivity contribution is 6.00. The van der Waals surface area contributed by atoms with Crippen molar-refractivity contribution in [3.63, 3.8) is 0 Å². The van der Waals surface area contributed by atoms with E-state index in [1.807, 2.05) is 66.7 Å².